The summed E-state index contributed by atoms with van der Waals surface area (Å²) in [6.45, 7) is 4.38. The van der Waals surface area contributed by atoms with Crippen LogP contribution in [0.1, 0.15) is 25.1 Å². The number of hydrogen-bond acceptors (Lipinski definition) is 4. The zero-order valence-electron chi connectivity index (χ0n) is 9.85. The highest BCUT2D eigenvalue weighted by Crippen LogP contribution is 2.21. The van der Waals surface area contributed by atoms with Crippen LogP contribution in [0.15, 0.2) is 12.3 Å². The summed E-state index contributed by atoms with van der Waals surface area (Å²) in [6.07, 6.45) is 2.57. The Morgan fingerprint density at radius 1 is 1.56 bits per heavy atom. The van der Waals surface area contributed by atoms with Crippen LogP contribution in [0.5, 0.6) is 0 Å². The van der Waals surface area contributed by atoms with E-state index in [2.05, 4.69) is 17.3 Å². The van der Waals surface area contributed by atoms with Gasteiger partial charge >= 0.3 is 0 Å². The fourth-order valence-corrected chi connectivity index (χ4v) is 2.03. The van der Waals surface area contributed by atoms with Gasteiger partial charge < -0.3 is 14.8 Å². The molecule has 1 aliphatic rings. The van der Waals surface area contributed by atoms with Gasteiger partial charge in [-0.2, -0.15) is 5.10 Å². The van der Waals surface area contributed by atoms with E-state index in [0.29, 0.717) is 13.2 Å². The van der Waals surface area contributed by atoms with Gasteiger partial charge in [-0.1, -0.05) is 0 Å². The molecule has 0 bridgehead atoms. The van der Waals surface area contributed by atoms with Crippen molar-refractivity contribution in [3.8, 4) is 0 Å². The molecule has 1 N–H and O–H groups in total. The molecule has 2 heterocycles. The Labute approximate surface area is 95.7 Å². The van der Waals surface area contributed by atoms with E-state index in [9.17, 15) is 0 Å². The van der Waals surface area contributed by atoms with Crippen molar-refractivity contribution in [1.29, 1.82) is 0 Å². The highest BCUT2D eigenvalue weighted by atomic mass is 16.7. The Bertz CT molecular complexity index is 321. The van der Waals surface area contributed by atoms with Crippen molar-refractivity contribution < 1.29 is 9.47 Å². The molecular formula is C11H19N3O2. The van der Waals surface area contributed by atoms with Crippen molar-refractivity contribution in [3.63, 3.8) is 0 Å². The molecule has 0 radical (unpaired) electrons. The highest BCUT2D eigenvalue weighted by molar-refractivity contribution is 5.07. The Kier molecular flexibility index (Phi) is 3.93. The highest BCUT2D eigenvalue weighted by Gasteiger charge is 2.23. The molecule has 1 saturated heterocycles. The largest absolute Gasteiger partial charge is 0.350 e. The molecule has 1 unspecified atom stereocenters. The molecule has 0 aliphatic carbocycles. The zero-order valence-corrected chi connectivity index (χ0v) is 9.85. The van der Waals surface area contributed by atoms with Crippen LogP contribution in [0, 0.1) is 0 Å². The molecule has 90 valence electrons. The van der Waals surface area contributed by atoms with Crippen molar-refractivity contribution >= 4 is 0 Å². The van der Waals surface area contributed by atoms with Gasteiger partial charge in [-0.15, -0.1) is 0 Å². The van der Waals surface area contributed by atoms with Crippen molar-refractivity contribution in [2.45, 2.75) is 32.2 Å². The van der Waals surface area contributed by atoms with E-state index in [1.54, 1.807) is 0 Å². The average Bonchev–Trinajstić information content (AvgIpc) is 2.96. The second kappa shape index (κ2) is 5.43. The third kappa shape index (κ3) is 2.42. The summed E-state index contributed by atoms with van der Waals surface area (Å²) in [6, 6.07) is 2.27. The van der Waals surface area contributed by atoms with E-state index in [0.717, 1.165) is 13.0 Å². The lowest BCUT2D eigenvalue weighted by Crippen LogP contribution is -2.25. The molecule has 0 spiro atoms. The first-order valence-corrected chi connectivity index (χ1v) is 5.77. The monoisotopic (exact) mass is 225 g/mol. The summed E-state index contributed by atoms with van der Waals surface area (Å²) in [7, 11) is 1.95. The first-order chi connectivity index (χ1) is 7.85. The summed E-state index contributed by atoms with van der Waals surface area (Å²) < 4.78 is 12.9. The summed E-state index contributed by atoms with van der Waals surface area (Å²) in [5, 5.41) is 7.56. The van der Waals surface area contributed by atoms with Crippen LogP contribution < -0.4 is 5.32 Å². The molecule has 2 rings (SSSR count). The fourth-order valence-electron chi connectivity index (χ4n) is 2.03. The number of hydrogen-bond donors (Lipinski definition) is 1. The molecule has 1 aromatic heterocycles. The van der Waals surface area contributed by atoms with E-state index < -0.39 is 0 Å². The van der Waals surface area contributed by atoms with Crippen LogP contribution in [-0.2, 0) is 16.0 Å². The minimum Gasteiger partial charge on any atom is -0.350 e. The van der Waals surface area contributed by atoms with Gasteiger partial charge in [0.05, 0.1) is 24.9 Å². The molecule has 1 aromatic rings. The van der Waals surface area contributed by atoms with Gasteiger partial charge in [-0.05, 0) is 20.0 Å². The quantitative estimate of drug-likeness (QED) is 0.809. The number of aromatic nitrogens is 2. The average molecular weight is 225 g/mol. The van der Waals surface area contributed by atoms with Crippen LogP contribution in [0.3, 0.4) is 0 Å². The molecule has 16 heavy (non-hydrogen) atoms. The summed E-state index contributed by atoms with van der Waals surface area (Å²) >= 11 is 0. The Morgan fingerprint density at radius 3 is 2.94 bits per heavy atom. The van der Waals surface area contributed by atoms with Crippen molar-refractivity contribution in [2.75, 3.05) is 20.3 Å². The predicted octanol–water partition coefficient (Wildman–Crippen LogP) is 0.926. The maximum atomic E-state index is 5.46. The van der Waals surface area contributed by atoms with E-state index in [1.807, 2.05) is 24.0 Å². The minimum atomic E-state index is -0.0855. The van der Waals surface area contributed by atoms with Gasteiger partial charge in [-0.3, -0.25) is 4.68 Å². The molecule has 1 atom stereocenters. The lowest BCUT2D eigenvalue weighted by atomic mass is 10.1. The summed E-state index contributed by atoms with van der Waals surface area (Å²) in [4.78, 5) is 0. The van der Waals surface area contributed by atoms with E-state index in [4.69, 9.17) is 9.47 Å². The number of ether oxygens (including phenoxy) is 2. The van der Waals surface area contributed by atoms with Crippen LogP contribution in [0.25, 0.3) is 0 Å². The van der Waals surface area contributed by atoms with Gasteiger partial charge in [0, 0.05) is 19.2 Å². The van der Waals surface area contributed by atoms with Gasteiger partial charge in [0.2, 0.25) is 0 Å². The van der Waals surface area contributed by atoms with Crippen LogP contribution in [0.2, 0.25) is 0 Å². The van der Waals surface area contributed by atoms with Gasteiger partial charge in [-0.25, -0.2) is 0 Å². The lowest BCUT2D eigenvalue weighted by Gasteiger charge is -2.20. The smallest absolute Gasteiger partial charge is 0.159 e. The second-order valence-corrected chi connectivity index (χ2v) is 3.82. The van der Waals surface area contributed by atoms with Gasteiger partial charge in [0.15, 0.2) is 6.29 Å². The Hall–Kier alpha value is -0.910. The molecule has 0 amide bonds. The number of nitrogens with one attached hydrogen (secondary N) is 1. The second-order valence-electron chi connectivity index (χ2n) is 3.82. The zero-order chi connectivity index (χ0) is 11.4. The molecule has 0 aromatic carbocycles. The summed E-state index contributed by atoms with van der Waals surface area (Å²) in [5.41, 5.74) is 1.18. The molecule has 0 saturated carbocycles. The molecular weight excluding hydrogens is 206 g/mol. The first kappa shape index (κ1) is 11.6. The van der Waals surface area contributed by atoms with Gasteiger partial charge in [0.1, 0.15) is 0 Å². The molecule has 5 heteroatoms. The topological polar surface area (TPSA) is 48.3 Å². The van der Waals surface area contributed by atoms with Crippen molar-refractivity contribution in [3.05, 3.63) is 18.0 Å². The van der Waals surface area contributed by atoms with E-state index in [-0.39, 0.29) is 12.3 Å². The fraction of sp³-hybridized carbons (Fsp3) is 0.727. The standard InChI is InChI=1S/C11H19N3O2/c1-3-14-10(4-5-13-14)9(12-2)8-11-15-6-7-16-11/h4-5,9,11-12H,3,6-8H2,1-2H3. The molecule has 1 fully saturated rings. The minimum absolute atomic E-state index is 0.0855. The van der Waals surface area contributed by atoms with E-state index in [1.165, 1.54) is 5.69 Å². The van der Waals surface area contributed by atoms with Crippen molar-refractivity contribution in [2.24, 2.45) is 0 Å². The van der Waals surface area contributed by atoms with Crippen LogP contribution >= 0.6 is 0 Å². The molecule has 5 nitrogen and oxygen atoms in total. The predicted molar refractivity (Wildman–Crippen MR) is 60.0 cm³/mol. The first-order valence-electron chi connectivity index (χ1n) is 5.77. The molecule has 1 aliphatic heterocycles. The Balaban J connectivity index is 2.03. The summed E-state index contributed by atoms with van der Waals surface area (Å²) in [5.74, 6) is 0. The normalized spacial score (nSPS) is 19.1. The number of aryl methyl sites for hydroxylation is 1. The lowest BCUT2D eigenvalue weighted by molar-refractivity contribution is -0.0530. The number of nitrogens with zero attached hydrogens (tertiary/aromatic N) is 2. The van der Waals surface area contributed by atoms with Crippen molar-refractivity contribution in [1.82, 2.24) is 15.1 Å². The maximum Gasteiger partial charge on any atom is 0.159 e. The Morgan fingerprint density at radius 2 is 2.31 bits per heavy atom. The number of rotatable bonds is 5. The van der Waals surface area contributed by atoms with Crippen LogP contribution in [-0.4, -0.2) is 36.3 Å². The third-order valence-corrected chi connectivity index (χ3v) is 2.87. The maximum absolute atomic E-state index is 5.46. The van der Waals surface area contributed by atoms with Gasteiger partial charge in [0.25, 0.3) is 0 Å². The van der Waals surface area contributed by atoms with E-state index >= 15 is 0 Å². The SMILES string of the molecule is CCn1nccc1C(CC1OCCO1)NC. The van der Waals surface area contributed by atoms with Crippen LogP contribution in [0.4, 0.5) is 0 Å². The third-order valence-electron chi connectivity index (χ3n) is 2.87.